The Morgan fingerprint density at radius 2 is 1.76 bits per heavy atom. The highest BCUT2D eigenvalue weighted by atomic mass is 16.6. The molecule has 2 aromatic rings. The van der Waals surface area contributed by atoms with Gasteiger partial charge in [-0.15, -0.1) is 0 Å². The van der Waals surface area contributed by atoms with E-state index in [0.717, 1.165) is 0 Å². The molecule has 0 saturated carbocycles. The summed E-state index contributed by atoms with van der Waals surface area (Å²) < 4.78 is 85.8. The van der Waals surface area contributed by atoms with E-state index in [-0.39, 0.29) is 17.9 Å². The molecule has 29 heavy (non-hydrogen) atoms. The van der Waals surface area contributed by atoms with E-state index in [1.54, 1.807) is 30.3 Å². The monoisotopic (exact) mass is 407 g/mol. The fourth-order valence-corrected chi connectivity index (χ4v) is 3.30. The second kappa shape index (κ2) is 9.59. The van der Waals surface area contributed by atoms with E-state index in [2.05, 4.69) is 5.32 Å². The molecule has 0 spiro atoms. The molecule has 2 aliphatic heterocycles. The third-order valence-electron chi connectivity index (χ3n) is 4.76. The maximum atomic E-state index is 11.6. The minimum absolute atomic E-state index is 0.0182. The maximum Gasteiger partial charge on any atom is 0.161 e. The Balaban J connectivity index is 1.78. The molecular formula is C23H30N2O4. The average molecular weight is 408 g/mol. The van der Waals surface area contributed by atoms with Gasteiger partial charge in [0.2, 0.25) is 0 Å². The zero-order chi connectivity index (χ0) is 28.1. The second-order valence-corrected chi connectivity index (χ2v) is 6.69. The van der Waals surface area contributed by atoms with Gasteiger partial charge in [-0.05, 0) is 49.0 Å². The minimum atomic E-state index is -3.28. The summed E-state index contributed by atoms with van der Waals surface area (Å²) in [5, 5.41) is 24.6. The van der Waals surface area contributed by atoms with Crippen LogP contribution < -0.4 is 14.8 Å². The quantitative estimate of drug-likeness (QED) is 0.624. The number of likely N-dealkylation sites (tertiary alicyclic amines) is 1. The van der Waals surface area contributed by atoms with Crippen LogP contribution >= 0.6 is 0 Å². The summed E-state index contributed by atoms with van der Waals surface area (Å²) in [5.41, 5.74) is 0.548. The van der Waals surface area contributed by atoms with E-state index in [9.17, 15) is 10.2 Å². The molecule has 0 radical (unpaired) electrons. The lowest BCUT2D eigenvalue weighted by molar-refractivity contribution is 0.0908. The number of aliphatic hydroxyl groups is 2. The summed E-state index contributed by atoms with van der Waals surface area (Å²) in [5.74, 6) is 0.658. The first kappa shape index (κ1) is 11.9. The van der Waals surface area contributed by atoms with Crippen LogP contribution in [0, 0.1) is 0 Å². The molecule has 1 unspecified atom stereocenters. The molecule has 0 aromatic heterocycles. The van der Waals surface area contributed by atoms with E-state index in [0.29, 0.717) is 22.8 Å². The van der Waals surface area contributed by atoms with Crippen molar-refractivity contribution in [1.82, 2.24) is 10.2 Å². The van der Waals surface area contributed by atoms with Gasteiger partial charge >= 0.3 is 0 Å². The number of hydrogen-bond acceptors (Lipinski definition) is 6. The van der Waals surface area contributed by atoms with Crippen LogP contribution in [-0.2, 0) is 0 Å². The van der Waals surface area contributed by atoms with Crippen LogP contribution in [0.5, 0.6) is 11.5 Å². The highest BCUT2D eigenvalue weighted by Gasteiger charge is 2.28. The fourth-order valence-electron chi connectivity index (χ4n) is 3.30. The molecule has 3 N–H and O–H groups in total. The number of benzene rings is 2. The fraction of sp³-hybridized carbons (Fsp3) is 0.478. The summed E-state index contributed by atoms with van der Waals surface area (Å²) in [6.45, 7) is -7.10. The molecule has 1 saturated heterocycles. The van der Waals surface area contributed by atoms with Crippen molar-refractivity contribution in [2.45, 2.75) is 30.9 Å². The highest BCUT2D eigenvalue weighted by Crippen LogP contribution is 2.34. The summed E-state index contributed by atoms with van der Waals surface area (Å²) in [6, 6.07) is 10.4. The molecule has 4 rings (SSSR count). The van der Waals surface area contributed by atoms with Crippen molar-refractivity contribution >= 4 is 0 Å². The molecule has 156 valence electrons. The van der Waals surface area contributed by atoms with Crippen molar-refractivity contribution in [1.29, 1.82) is 0 Å². The standard InChI is InChI=1S/C23H30N2O4/c26-16-20(17-6-2-1-3-7-17)24-19(15-25-10-4-5-11-25)23(27)18-8-9-21-22(14-18)29-13-12-28-21/h1-3,6-9,14,19-20,23-24,26-27H,4-5,10-13,15-16H2/t19-,20?,23-/m1/s1/i4D2,5D2,10D2,11D2,23D. The smallest absolute Gasteiger partial charge is 0.161 e. The van der Waals surface area contributed by atoms with Crippen LogP contribution in [0.4, 0.5) is 0 Å². The van der Waals surface area contributed by atoms with Gasteiger partial charge in [-0.3, -0.25) is 0 Å². The van der Waals surface area contributed by atoms with Crippen molar-refractivity contribution in [2.24, 2.45) is 0 Å². The zero-order valence-electron chi connectivity index (χ0n) is 24.8. The number of ether oxygens (including phenoxy) is 2. The Hall–Kier alpha value is -2.12. The van der Waals surface area contributed by atoms with Crippen molar-refractivity contribution in [3.8, 4) is 11.5 Å². The molecule has 0 aliphatic carbocycles. The summed E-state index contributed by atoms with van der Waals surface area (Å²) in [4.78, 5) is 0.356. The van der Waals surface area contributed by atoms with Crippen LogP contribution in [0.2, 0.25) is 0 Å². The van der Waals surface area contributed by atoms with Crippen LogP contribution in [0.25, 0.3) is 0 Å². The van der Waals surface area contributed by atoms with E-state index >= 15 is 0 Å². The number of rotatable bonds is 8. The first-order valence-corrected chi connectivity index (χ1v) is 9.41. The van der Waals surface area contributed by atoms with E-state index < -0.39 is 57.1 Å². The van der Waals surface area contributed by atoms with E-state index in [4.69, 9.17) is 21.8 Å². The molecular weight excluding hydrogens is 368 g/mol. The lowest BCUT2D eigenvalue weighted by Gasteiger charge is -2.32. The van der Waals surface area contributed by atoms with E-state index in [1.165, 1.54) is 18.2 Å². The Labute approximate surface area is 184 Å². The first-order chi connectivity index (χ1) is 17.6. The van der Waals surface area contributed by atoms with E-state index in [1.807, 2.05) is 0 Å². The SMILES string of the molecule is [2H]C1([2H])N(C[C@@H](NC(CO)c2ccccc2)[C@]([2H])(O)c2ccc3c(c2)OCCO3)C([2H])([2H])C([2H])([2H])C1([2H])[2H]. The topological polar surface area (TPSA) is 74.2 Å². The van der Waals surface area contributed by atoms with Gasteiger partial charge in [0.05, 0.1) is 26.1 Å². The summed E-state index contributed by atoms with van der Waals surface area (Å²) in [6.07, 6.45) is -9.16. The second-order valence-electron chi connectivity index (χ2n) is 6.69. The molecule has 1 fully saturated rings. The van der Waals surface area contributed by atoms with Crippen LogP contribution in [-0.4, -0.2) is 60.5 Å². The third-order valence-corrected chi connectivity index (χ3v) is 4.76. The number of hydrogen-bond donors (Lipinski definition) is 3. The third kappa shape index (κ3) is 4.90. The molecule has 6 nitrogen and oxygen atoms in total. The van der Waals surface area contributed by atoms with Gasteiger partial charge < -0.3 is 29.9 Å². The van der Waals surface area contributed by atoms with Gasteiger partial charge in [-0.1, -0.05) is 36.4 Å². The molecule has 3 atom stereocenters. The Bertz CT molecular complexity index is 1120. The Kier molecular flexibility index (Phi) is 3.94. The predicted molar refractivity (Wildman–Crippen MR) is 111 cm³/mol. The van der Waals surface area contributed by atoms with Crippen molar-refractivity contribution in [3.05, 3.63) is 59.7 Å². The lowest BCUT2D eigenvalue weighted by Crippen LogP contribution is -2.46. The molecule has 0 bridgehead atoms. The number of nitrogens with one attached hydrogen (secondary N) is 1. The normalized spacial score (nSPS) is 32.3. The molecule has 2 aliphatic rings. The van der Waals surface area contributed by atoms with Crippen molar-refractivity contribution in [3.63, 3.8) is 0 Å². The number of aliphatic hydroxyl groups excluding tert-OH is 1. The highest BCUT2D eigenvalue weighted by molar-refractivity contribution is 5.44. The maximum absolute atomic E-state index is 11.6. The average Bonchev–Trinajstić information content (AvgIpc) is 2.94. The summed E-state index contributed by atoms with van der Waals surface area (Å²) in [7, 11) is 0. The lowest BCUT2D eigenvalue weighted by atomic mass is 9.98. The number of nitrogens with zero attached hydrogens (tertiary/aromatic N) is 1. The summed E-state index contributed by atoms with van der Waals surface area (Å²) >= 11 is 0. The molecule has 2 heterocycles. The Morgan fingerprint density at radius 1 is 1.03 bits per heavy atom. The van der Waals surface area contributed by atoms with Crippen molar-refractivity contribution in [2.75, 3.05) is 39.4 Å². The van der Waals surface area contributed by atoms with Gasteiger partial charge in [-0.2, -0.15) is 0 Å². The van der Waals surface area contributed by atoms with Crippen LogP contribution in [0.3, 0.4) is 0 Å². The van der Waals surface area contributed by atoms with Crippen LogP contribution in [0.15, 0.2) is 48.5 Å². The number of fused-ring (bicyclic) bond motifs is 1. The van der Waals surface area contributed by atoms with Crippen LogP contribution in [0.1, 0.15) is 48.3 Å². The van der Waals surface area contributed by atoms with Gasteiger partial charge in [0.1, 0.15) is 13.2 Å². The molecule has 2 aromatic carbocycles. The van der Waals surface area contributed by atoms with Gasteiger partial charge in [0.25, 0.3) is 0 Å². The molecule has 0 amide bonds. The zero-order valence-corrected chi connectivity index (χ0v) is 15.8. The molecule has 6 heteroatoms. The van der Waals surface area contributed by atoms with Gasteiger partial charge in [-0.25, -0.2) is 0 Å². The van der Waals surface area contributed by atoms with Gasteiger partial charge in [0, 0.05) is 17.5 Å². The first-order valence-electron chi connectivity index (χ1n) is 13.9. The minimum Gasteiger partial charge on any atom is -0.486 e. The van der Waals surface area contributed by atoms with Gasteiger partial charge in [0.15, 0.2) is 11.5 Å². The largest absolute Gasteiger partial charge is 0.486 e. The predicted octanol–water partition coefficient (Wildman–Crippen LogP) is 2.28. The Morgan fingerprint density at radius 3 is 2.48 bits per heavy atom. The van der Waals surface area contributed by atoms with Crippen molar-refractivity contribution < 1.29 is 32.0 Å².